The van der Waals surface area contributed by atoms with Gasteiger partial charge in [0.25, 0.3) is 0 Å². The van der Waals surface area contributed by atoms with Crippen molar-refractivity contribution in [2.24, 2.45) is 18.7 Å². The van der Waals surface area contributed by atoms with Crippen molar-refractivity contribution in [2.75, 3.05) is 20.2 Å². The number of ether oxygens (including phenoxy) is 1. The van der Waals surface area contributed by atoms with Gasteiger partial charge < -0.3 is 25.6 Å². The van der Waals surface area contributed by atoms with E-state index in [1.54, 1.807) is 18.8 Å². The summed E-state index contributed by atoms with van der Waals surface area (Å²) in [6, 6.07) is 9.39. The number of benzene rings is 2. The minimum atomic E-state index is -4.50. The number of likely N-dealkylation sites (tertiary alicyclic amines) is 2. The molecular weight excluding hydrogens is 591 g/mol. The van der Waals surface area contributed by atoms with Gasteiger partial charge in [0, 0.05) is 33.1 Å². The summed E-state index contributed by atoms with van der Waals surface area (Å²) in [5, 5.41) is 11.0. The van der Waals surface area contributed by atoms with Crippen LogP contribution in [0.2, 0.25) is 0 Å². The number of halogens is 3. The van der Waals surface area contributed by atoms with Crippen molar-refractivity contribution in [1.29, 1.82) is 0 Å². The number of alkyl halides is 3. The molecule has 3 N–H and O–H groups in total. The molecule has 5 rings (SSSR count). The number of nitrogens with zero attached hydrogens (tertiary/aromatic N) is 5. The fourth-order valence-corrected chi connectivity index (χ4v) is 6.33. The van der Waals surface area contributed by atoms with Crippen LogP contribution in [-0.2, 0) is 34.4 Å². The Morgan fingerprint density at radius 3 is 2.56 bits per heavy atom. The number of fused-ring (bicyclic) bond motifs is 1. The van der Waals surface area contributed by atoms with Gasteiger partial charge >= 0.3 is 6.18 Å². The first-order valence-corrected chi connectivity index (χ1v) is 15.1. The van der Waals surface area contributed by atoms with E-state index in [-0.39, 0.29) is 57.1 Å². The van der Waals surface area contributed by atoms with Crippen LogP contribution >= 0.6 is 0 Å². The van der Waals surface area contributed by atoms with Crippen molar-refractivity contribution >= 4 is 28.8 Å². The predicted molar refractivity (Wildman–Crippen MR) is 159 cm³/mol. The highest BCUT2D eigenvalue weighted by Gasteiger charge is 2.47. The molecule has 0 radical (unpaired) electrons. The number of hydrogen-bond acceptors (Lipinski definition) is 7. The third-order valence-electron chi connectivity index (χ3n) is 8.74. The predicted octanol–water partition coefficient (Wildman–Crippen LogP) is 2.71. The number of aryl methyl sites for hydroxylation is 1. The number of aromatic nitrogens is 3. The second-order valence-corrected chi connectivity index (χ2v) is 11.8. The molecule has 11 nitrogen and oxygen atoms in total. The van der Waals surface area contributed by atoms with Gasteiger partial charge in [0.2, 0.25) is 17.7 Å². The van der Waals surface area contributed by atoms with Crippen LogP contribution in [0.15, 0.2) is 42.5 Å². The van der Waals surface area contributed by atoms with Crippen molar-refractivity contribution in [1.82, 2.24) is 30.1 Å². The summed E-state index contributed by atoms with van der Waals surface area (Å²) in [6.07, 6.45) is -3.75. The Morgan fingerprint density at radius 1 is 1.11 bits per heavy atom. The number of carbonyl (C=O) groups excluding carboxylic acids is 3. The van der Waals surface area contributed by atoms with Crippen LogP contribution < -0.4 is 15.8 Å². The van der Waals surface area contributed by atoms with Gasteiger partial charge in [0.05, 0.1) is 18.7 Å². The molecule has 0 aliphatic carbocycles. The summed E-state index contributed by atoms with van der Waals surface area (Å²) in [4.78, 5) is 42.1. The van der Waals surface area contributed by atoms with Gasteiger partial charge in [0.1, 0.15) is 23.3 Å². The molecule has 2 fully saturated rings. The molecule has 2 aliphatic rings. The molecule has 14 heteroatoms. The highest BCUT2D eigenvalue weighted by atomic mass is 19.4. The van der Waals surface area contributed by atoms with E-state index >= 15 is 0 Å². The zero-order valence-electron chi connectivity index (χ0n) is 25.3. The molecule has 2 aliphatic heterocycles. The van der Waals surface area contributed by atoms with Crippen LogP contribution in [0.25, 0.3) is 11.0 Å². The van der Waals surface area contributed by atoms with Gasteiger partial charge in [-0.2, -0.15) is 13.2 Å². The summed E-state index contributed by atoms with van der Waals surface area (Å²) in [7, 11) is 3.37. The SMILES string of the molecule is COc1ccc(CC2CC(C(=O)NCc3ccc4c(c3)nnn4C)N(C(=O)C(N)CCC(=O)N3CCCC3C(F)(F)F)C2)cc1. The van der Waals surface area contributed by atoms with Crippen LogP contribution in [0.3, 0.4) is 0 Å². The van der Waals surface area contributed by atoms with E-state index < -0.39 is 36.1 Å². The molecule has 2 saturated heterocycles. The first kappa shape index (κ1) is 32.2. The molecule has 0 bridgehead atoms. The molecule has 242 valence electrons. The average molecular weight is 630 g/mol. The molecule has 3 heterocycles. The maximum atomic E-state index is 13.6. The topological polar surface area (TPSA) is 136 Å². The monoisotopic (exact) mass is 629 g/mol. The van der Waals surface area contributed by atoms with Crippen molar-refractivity contribution in [2.45, 2.75) is 69.4 Å². The van der Waals surface area contributed by atoms with Crippen LogP contribution in [0.1, 0.15) is 43.2 Å². The molecule has 0 saturated carbocycles. The molecular formula is C31H38F3N7O4. The zero-order valence-corrected chi connectivity index (χ0v) is 25.3. The quantitative estimate of drug-likeness (QED) is 0.352. The Bertz CT molecular complexity index is 1530. The van der Waals surface area contributed by atoms with E-state index in [2.05, 4.69) is 15.6 Å². The lowest BCUT2D eigenvalue weighted by Gasteiger charge is -2.28. The summed E-state index contributed by atoms with van der Waals surface area (Å²) in [5.74, 6) is -0.843. The molecule has 4 atom stereocenters. The Labute approximate surface area is 258 Å². The number of amides is 3. The molecule has 0 spiro atoms. The Hall–Kier alpha value is -4.20. The van der Waals surface area contributed by atoms with Crippen LogP contribution in [0.5, 0.6) is 5.75 Å². The summed E-state index contributed by atoms with van der Waals surface area (Å²) < 4.78 is 47.0. The maximum absolute atomic E-state index is 13.6. The minimum Gasteiger partial charge on any atom is -0.497 e. The number of carbonyl (C=O) groups is 3. The van der Waals surface area contributed by atoms with E-state index in [1.165, 1.54) is 4.90 Å². The smallest absolute Gasteiger partial charge is 0.408 e. The van der Waals surface area contributed by atoms with Crippen LogP contribution in [0, 0.1) is 5.92 Å². The second-order valence-electron chi connectivity index (χ2n) is 11.8. The fraction of sp³-hybridized carbons (Fsp3) is 0.516. The Balaban J connectivity index is 1.25. The normalized spacial score (nSPS) is 20.9. The third kappa shape index (κ3) is 7.38. The van der Waals surface area contributed by atoms with E-state index in [0.29, 0.717) is 18.4 Å². The molecule has 1 aromatic heterocycles. The van der Waals surface area contributed by atoms with Crippen LogP contribution in [0.4, 0.5) is 13.2 Å². The average Bonchev–Trinajstić information content (AvgIpc) is 3.77. The number of methoxy groups -OCH3 is 1. The maximum Gasteiger partial charge on any atom is 0.408 e. The van der Waals surface area contributed by atoms with E-state index in [0.717, 1.165) is 27.3 Å². The Morgan fingerprint density at radius 2 is 1.84 bits per heavy atom. The first-order valence-electron chi connectivity index (χ1n) is 15.1. The number of hydrogen-bond donors (Lipinski definition) is 2. The number of nitrogens with one attached hydrogen (secondary N) is 1. The standard InChI is InChI=1S/C31H38F3N7O4/c1-39-25-11-7-20(15-24(25)37-38-39)17-36-29(43)26-16-21(14-19-5-8-22(45-2)9-6-19)18-41(26)30(44)23(35)10-12-28(42)40-13-3-4-27(40)31(32,33)34/h5-9,11,15,21,23,26-27H,3-4,10,12-14,16-18,35H2,1-2H3,(H,36,43). The van der Waals surface area contributed by atoms with Gasteiger partial charge in [-0.05, 0) is 73.4 Å². The minimum absolute atomic E-state index is 0.0252. The third-order valence-corrected chi connectivity index (χ3v) is 8.74. The highest BCUT2D eigenvalue weighted by molar-refractivity contribution is 5.91. The molecule has 4 unspecified atom stereocenters. The first-order chi connectivity index (χ1) is 21.4. The number of nitrogens with two attached hydrogens (primary N) is 1. The Kier molecular flexibility index (Phi) is 9.61. The summed E-state index contributed by atoms with van der Waals surface area (Å²) >= 11 is 0. The van der Waals surface area contributed by atoms with E-state index in [4.69, 9.17) is 10.5 Å². The van der Waals surface area contributed by atoms with E-state index in [1.807, 2.05) is 42.5 Å². The lowest BCUT2D eigenvalue weighted by Crippen LogP contribution is -2.51. The van der Waals surface area contributed by atoms with Gasteiger partial charge in [-0.25, -0.2) is 4.68 Å². The van der Waals surface area contributed by atoms with E-state index in [9.17, 15) is 27.6 Å². The molecule has 45 heavy (non-hydrogen) atoms. The van der Waals surface area contributed by atoms with Crippen molar-refractivity contribution in [3.8, 4) is 5.75 Å². The van der Waals surface area contributed by atoms with Crippen molar-refractivity contribution in [3.63, 3.8) is 0 Å². The lowest BCUT2D eigenvalue weighted by atomic mass is 9.96. The van der Waals surface area contributed by atoms with Crippen LogP contribution in [-0.4, -0.2) is 87.0 Å². The van der Waals surface area contributed by atoms with Gasteiger partial charge in [-0.15, -0.1) is 5.10 Å². The van der Waals surface area contributed by atoms with Crippen molar-refractivity contribution in [3.05, 3.63) is 53.6 Å². The second kappa shape index (κ2) is 13.4. The van der Waals surface area contributed by atoms with Gasteiger partial charge in [-0.3, -0.25) is 14.4 Å². The summed E-state index contributed by atoms with van der Waals surface area (Å²) in [5.41, 5.74) is 9.61. The van der Waals surface area contributed by atoms with Gasteiger partial charge in [-0.1, -0.05) is 23.4 Å². The molecule has 2 aromatic carbocycles. The van der Waals surface area contributed by atoms with Crippen molar-refractivity contribution < 1.29 is 32.3 Å². The largest absolute Gasteiger partial charge is 0.497 e. The number of rotatable bonds is 10. The fourth-order valence-electron chi connectivity index (χ4n) is 6.33. The summed E-state index contributed by atoms with van der Waals surface area (Å²) in [6.45, 7) is 0.513. The lowest BCUT2D eigenvalue weighted by molar-refractivity contribution is -0.182. The molecule has 3 aromatic rings. The van der Waals surface area contributed by atoms with Gasteiger partial charge in [0.15, 0.2) is 0 Å². The zero-order chi connectivity index (χ0) is 32.3. The molecule has 3 amide bonds. The highest BCUT2D eigenvalue weighted by Crippen LogP contribution is 2.33.